The van der Waals surface area contributed by atoms with Crippen LogP contribution < -0.4 is 0 Å². The van der Waals surface area contributed by atoms with Crippen LogP contribution in [0.3, 0.4) is 0 Å². The normalized spacial score (nSPS) is 18.0. The highest BCUT2D eigenvalue weighted by molar-refractivity contribution is 7.99. The van der Waals surface area contributed by atoms with Gasteiger partial charge in [-0.25, -0.2) is 4.98 Å². The Morgan fingerprint density at radius 2 is 2.10 bits per heavy atom. The van der Waals surface area contributed by atoms with E-state index in [9.17, 15) is 0 Å². The molecule has 1 aliphatic heterocycles. The van der Waals surface area contributed by atoms with Crippen molar-refractivity contribution in [1.82, 2.24) is 9.97 Å². The van der Waals surface area contributed by atoms with E-state index in [1.54, 1.807) is 23.5 Å². The van der Waals surface area contributed by atoms with Crippen LogP contribution in [0.25, 0.3) is 11.3 Å². The number of rotatable bonds is 5. The van der Waals surface area contributed by atoms with Gasteiger partial charge in [0.05, 0.1) is 24.2 Å². The zero-order valence-corrected chi connectivity index (χ0v) is 13.6. The third-order valence-corrected chi connectivity index (χ3v) is 5.21. The van der Waals surface area contributed by atoms with Gasteiger partial charge in [-0.2, -0.15) is 0 Å². The molecule has 110 valence electrons. The number of aromatic nitrogens is 2. The van der Waals surface area contributed by atoms with Gasteiger partial charge in [-0.15, -0.1) is 23.5 Å². The van der Waals surface area contributed by atoms with Crippen LogP contribution in [0.5, 0.6) is 0 Å². The third kappa shape index (κ3) is 3.99. The standard InChI is InChI=1S/C16H18N2OS2/c1-20-14-6-4-12(5-7-14)15-9-17-10-16(18-15)21-11-13-3-2-8-19-13/h4-7,9-10,13H,2-3,8,11H2,1H3. The van der Waals surface area contributed by atoms with Gasteiger partial charge in [0.15, 0.2) is 0 Å². The molecule has 0 radical (unpaired) electrons. The van der Waals surface area contributed by atoms with Crippen LogP contribution >= 0.6 is 23.5 Å². The average Bonchev–Trinajstić information content (AvgIpc) is 3.07. The Kier molecular flexibility index (Phi) is 5.17. The Morgan fingerprint density at radius 3 is 2.81 bits per heavy atom. The molecule has 1 aromatic carbocycles. The number of thioether (sulfide) groups is 2. The molecule has 0 saturated carbocycles. The molecular weight excluding hydrogens is 300 g/mol. The molecule has 1 unspecified atom stereocenters. The molecule has 0 N–H and O–H groups in total. The molecule has 0 amide bonds. The van der Waals surface area contributed by atoms with E-state index in [2.05, 4.69) is 35.5 Å². The topological polar surface area (TPSA) is 35.0 Å². The van der Waals surface area contributed by atoms with Crippen molar-refractivity contribution in [3.05, 3.63) is 36.7 Å². The molecule has 21 heavy (non-hydrogen) atoms. The smallest absolute Gasteiger partial charge is 0.115 e. The van der Waals surface area contributed by atoms with Crippen molar-refractivity contribution >= 4 is 23.5 Å². The van der Waals surface area contributed by atoms with E-state index in [1.165, 1.54) is 11.3 Å². The fourth-order valence-corrected chi connectivity index (χ4v) is 3.60. The number of hydrogen-bond donors (Lipinski definition) is 0. The van der Waals surface area contributed by atoms with Gasteiger partial charge in [0, 0.05) is 22.8 Å². The van der Waals surface area contributed by atoms with E-state index in [1.807, 2.05) is 12.4 Å². The lowest BCUT2D eigenvalue weighted by atomic mass is 10.2. The molecule has 1 fully saturated rings. The van der Waals surface area contributed by atoms with Crippen LogP contribution in [0, 0.1) is 0 Å². The summed E-state index contributed by atoms with van der Waals surface area (Å²) in [4.78, 5) is 10.3. The number of hydrogen-bond acceptors (Lipinski definition) is 5. The first-order valence-corrected chi connectivity index (χ1v) is 9.27. The largest absolute Gasteiger partial charge is 0.377 e. The molecule has 1 aromatic heterocycles. The zero-order valence-electron chi connectivity index (χ0n) is 12.0. The maximum Gasteiger partial charge on any atom is 0.115 e. The van der Waals surface area contributed by atoms with E-state index >= 15 is 0 Å². The predicted octanol–water partition coefficient (Wildman–Crippen LogP) is 4.14. The minimum Gasteiger partial charge on any atom is -0.377 e. The van der Waals surface area contributed by atoms with Gasteiger partial charge in [-0.3, -0.25) is 4.98 Å². The Morgan fingerprint density at radius 1 is 1.24 bits per heavy atom. The van der Waals surface area contributed by atoms with Crippen LogP contribution in [-0.4, -0.2) is 34.7 Å². The molecule has 1 aliphatic rings. The summed E-state index contributed by atoms with van der Waals surface area (Å²) in [5.74, 6) is 0.962. The maximum atomic E-state index is 5.64. The van der Waals surface area contributed by atoms with E-state index in [-0.39, 0.29) is 0 Å². The van der Waals surface area contributed by atoms with Gasteiger partial charge in [-0.1, -0.05) is 12.1 Å². The third-order valence-electron chi connectivity index (χ3n) is 3.44. The summed E-state index contributed by atoms with van der Waals surface area (Å²) >= 11 is 3.48. The Balaban J connectivity index is 1.69. The molecule has 2 aromatic rings. The van der Waals surface area contributed by atoms with Gasteiger partial charge in [0.25, 0.3) is 0 Å². The van der Waals surface area contributed by atoms with Gasteiger partial charge < -0.3 is 4.74 Å². The van der Waals surface area contributed by atoms with Crippen LogP contribution in [-0.2, 0) is 4.74 Å². The van der Waals surface area contributed by atoms with Gasteiger partial charge in [0.1, 0.15) is 5.03 Å². The maximum absolute atomic E-state index is 5.64. The summed E-state index contributed by atoms with van der Waals surface area (Å²) in [6.07, 6.45) is 8.46. The zero-order chi connectivity index (χ0) is 14.5. The molecule has 2 heterocycles. The molecule has 3 rings (SSSR count). The first-order chi connectivity index (χ1) is 10.3. The van der Waals surface area contributed by atoms with Crippen molar-refractivity contribution in [3.8, 4) is 11.3 Å². The second-order valence-corrected chi connectivity index (χ2v) is 6.84. The Labute approximate surface area is 133 Å². The quantitative estimate of drug-likeness (QED) is 0.774. The fourth-order valence-electron chi connectivity index (χ4n) is 2.27. The summed E-state index contributed by atoms with van der Waals surface area (Å²) in [6, 6.07) is 8.44. The van der Waals surface area contributed by atoms with Crippen LogP contribution in [0.2, 0.25) is 0 Å². The summed E-state index contributed by atoms with van der Waals surface area (Å²) in [6.45, 7) is 0.902. The van der Waals surface area contributed by atoms with Crippen molar-refractivity contribution in [1.29, 1.82) is 0 Å². The van der Waals surface area contributed by atoms with Gasteiger partial charge >= 0.3 is 0 Å². The van der Waals surface area contributed by atoms with E-state index in [4.69, 9.17) is 9.72 Å². The average molecular weight is 318 g/mol. The molecule has 1 saturated heterocycles. The lowest BCUT2D eigenvalue weighted by molar-refractivity contribution is 0.129. The Hall–Kier alpha value is -1.04. The summed E-state index contributed by atoms with van der Waals surface area (Å²) in [5.41, 5.74) is 2.04. The van der Waals surface area contributed by atoms with Gasteiger partial charge in [0.2, 0.25) is 0 Å². The summed E-state index contributed by atoms with van der Waals surface area (Å²) < 4.78 is 5.64. The summed E-state index contributed by atoms with van der Waals surface area (Å²) in [5, 5.41) is 0.969. The monoisotopic (exact) mass is 318 g/mol. The van der Waals surface area contributed by atoms with Crippen molar-refractivity contribution in [3.63, 3.8) is 0 Å². The number of ether oxygens (including phenoxy) is 1. The van der Waals surface area contributed by atoms with Crippen LogP contribution in [0.15, 0.2) is 46.6 Å². The highest BCUT2D eigenvalue weighted by atomic mass is 32.2. The molecular formula is C16H18N2OS2. The highest BCUT2D eigenvalue weighted by Gasteiger charge is 2.16. The van der Waals surface area contributed by atoms with Crippen LogP contribution in [0.1, 0.15) is 12.8 Å². The van der Waals surface area contributed by atoms with E-state index in [0.29, 0.717) is 6.10 Å². The molecule has 0 bridgehead atoms. The Bertz CT molecular complexity index is 583. The molecule has 1 atom stereocenters. The second kappa shape index (κ2) is 7.29. The number of benzene rings is 1. The van der Waals surface area contributed by atoms with E-state index < -0.39 is 0 Å². The molecule has 5 heteroatoms. The SMILES string of the molecule is CSc1ccc(-c2cncc(SCC3CCCO3)n2)cc1. The first-order valence-electron chi connectivity index (χ1n) is 7.06. The lowest BCUT2D eigenvalue weighted by Crippen LogP contribution is -2.08. The number of nitrogens with zero attached hydrogens (tertiary/aromatic N) is 2. The van der Waals surface area contributed by atoms with Crippen molar-refractivity contribution in [2.45, 2.75) is 28.9 Å². The minimum absolute atomic E-state index is 0.376. The predicted molar refractivity (Wildman–Crippen MR) is 88.9 cm³/mol. The lowest BCUT2D eigenvalue weighted by Gasteiger charge is -2.08. The van der Waals surface area contributed by atoms with Crippen molar-refractivity contribution < 1.29 is 4.74 Å². The van der Waals surface area contributed by atoms with E-state index in [0.717, 1.165) is 35.1 Å². The van der Waals surface area contributed by atoms with Crippen molar-refractivity contribution in [2.24, 2.45) is 0 Å². The molecule has 3 nitrogen and oxygen atoms in total. The van der Waals surface area contributed by atoms with Gasteiger partial charge in [-0.05, 0) is 31.2 Å². The summed E-state index contributed by atoms with van der Waals surface area (Å²) in [7, 11) is 0. The minimum atomic E-state index is 0.376. The van der Waals surface area contributed by atoms with Crippen molar-refractivity contribution in [2.75, 3.05) is 18.6 Å². The fraction of sp³-hybridized carbons (Fsp3) is 0.375. The highest BCUT2D eigenvalue weighted by Crippen LogP contribution is 2.25. The molecule has 0 aliphatic carbocycles. The first kappa shape index (κ1) is 14.9. The second-order valence-electron chi connectivity index (χ2n) is 4.92. The van der Waals surface area contributed by atoms with Crippen LogP contribution in [0.4, 0.5) is 0 Å². The molecule has 0 spiro atoms.